The van der Waals surface area contributed by atoms with E-state index in [0.717, 1.165) is 24.9 Å². The summed E-state index contributed by atoms with van der Waals surface area (Å²) in [7, 11) is 4.23. The highest BCUT2D eigenvalue weighted by Crippen LogP contribution is 2.39. The lowest BCUT2D eigenvalue weighted by Crippen LogP contribution is -2.19. The highest BCUT2D eigenvalue weighted by Gasteiger charge is 2.21. The van der Waals surface area contributed by atoms with E-state index >= 15 is 0 Å². The molecule has 1 aliphatic rings. The van der Waals surface area contributed by atoms with Crippen molar-refractivity contribution >= 4 is 16.3 Å². The summed E-state index contributed by atoms with van der Waals surface area (Å²) in [5.41, 5.74) is 6.55. The molecule has 0 saturated heterocycles. The number of fused-ring (bicyclic) bond motifs is 2. The predicted octanol–water partition coefficient (Wildman–Crippen LogP) is 4.86. The Balaban J connectivity index is 1.97. The average molecular weight is 329 g/mol. The number of nitrogens with zero attached hydrogens (tertiary/aromatic N) is 1. The Bertz CT molecular complexity index is 969. The predicted molar refractivity (Wildman–Crippen MR) is 105 cm³/mol. The van der Waals surface area contributed by atoms with Gasteiger partial charge in [-0.1, -0.05) is 42.5 Å². The number of phenols is 1. The van der Waals surface area contributed by atoms with Crippen molar-refractivity contribution in [1.29, 1.82) is 0 Å². The number of aromatic hydroxyl groups is 1. The van der Waals surface area contributed by atoms with Crippen LogP contribution in [0.3, 0.4) is 0 Å². The molecule has 0 atom stereocenters. The molecule has 0 aromatic heterocycles. The van der Waals surface area contributed by atoms with Crippen molar-refractivity contribution in [2.24, 2.45) is 0 Å². The third kappa shape index (κ3) is 3.06. The second kappa shape index (κ2) is 6.38. The van der Waals surface area contributed by atoms with Crippen LogP contribution < -0.4 is 0 Å². The van der Waals surface area contributed by atoms with Crippen LogP contribution in [0.2, 0.25) is 0 Å². The topological polar surface area (TPSA) is 23.5 Å². The summed E-state index contributed by atoms with van der Waals surface area (Å²) >= 11 is 0. The fourth-order valence-corrected chi connectivity index (χ4v) is 3.89. The SMILES string of the molecule is CN(C)CC1=C(c2cccc(O)c2)c2cc3ccccc3cc2CC1. The maximum Gasteiger partial charge on any atom is 0.116 e. The van der Waals surface area contributed by atoms with Crippen LogP contribution in [0.25, 0.3) is 16.3 Å². The summed E-state index contributed by atoms with van der Waals surface area (Å²) < 4.78 is 0. The smallest absolute Gasteiger partial charge is 0.116 e. The average Bonchev–Trinajstić information content (AvgIpc) is 2.59. The minimum absolute atomic E-state index is 0.321. The molecule has 0 aliphatic heterocycles. The first kappa shape index (κ1) is 15.9. The monoisotopic (exact) mass is 329 g/mol. The van der Waals surface area contributed by atoms with Gasteiger partial charge < -0.3 is 10.0 Å². The Morgan fingerprint density at radius 3 is 2.36 bits per heavy atom. The van der Waals surface area contributed by atoms with E-state index in [1.54, 1.807) is 6.07 Å². The lowest BCUT2D eigenvalue weighted by molar-refractivity contribution is 0.439. The van der Waals surface area contributed by atoms with Gasteiger partial charge >= 0.3 is 0 Å². The van der Waals surface area contributed by atoms with E-state index in [9.17, 15) is 5.11 Å². The van der Waals surface area contributed by atoms with E-state index in [2.05, 4.69) is 61.5 Å². The molecule has 0 radical (unpaired) electrons. The van der Waals surface area contributed by atoms with Crippen LogP contribution in [-0.2, 0) is 6.42 Å². The van der Waals surface area contributed by atoms with Crippen molar-refractivity contribution in [1.82, 2.24) is 4.90 Å². The number of rotatable bonds is 3. The van der Waals surface area contributed by atoms with E-state index in [-0.39, 0.29) is 0 Å². The Morgan fingerprint density at radius 1 is 0.880 bits per heavy atom. The molecule has 1 N–H and O–H groups in total. The number of hydrogen-bond donors (Lipinski definition) is 1. The van der Waals surface area contributed by atoms with Crippen LogP contribution in [0.15, 0.2) is 66.2 Å². The van der Waals surface area contributed by atoms with E-state index in [0.29, 0.717) is 5.75 Å². The van der Waals surface area contributed by atoms with Gasteiger partial charge in [-0.3, -0.25) is 0 Å². The van der Waals surface area contributed by atoms with Crippen molar-refractivity contribution in [2.45, 2.75) is 12.8 Å². The quantitative estimate of drug-likeness (QED) is 0.742. The molecule has 0 spiro atoms. The van der Waals surface area contributed by atoms with Gasteiger partial charge in [0.15, 0.2) is 0 Å². The minimum atomic E-state index is 0.321. The Labute approximate surface area is 149 Å². The zero-order valence-corrected chi connectivity index (χ0v) is 14.8. The number of likely N-dealkylation sites (N-methyl/N-ethyl adjacent to an activating group) is 1. The molecule has 0 saturated carbocycles. The van der Waals surface area contributed by atoms with Gasteiger partial charge in [-0.25, -0.2) is 0 Å². The van der Waals surface area contributed by atoms with Crippen molar-refractivity contribution in [3.8, 4) is 5.75 Å². The van der Waals surface area contributed by atoms with Crippen LogP contribution in [0, 0.1) is 0 Å². The Hall–Kier alpha value is -2.58. The van der Waals surface area contributed by atoms with Crippen LogP contribution in [0.4, 0.5) is 0 Å². The van der Waals surface area contributed by atoms with E-state index < -0.39 is 0 Å². The molecule has 4 rings (SSSR count). The van der Waals surface area contributed by atoms with Crippen LogP contribution in [0.5, 0.6) is 5.75 Å². The molecule has 0 heterocycles. The fraction of sp³-hybridized carbons (Fsp3) is 0.217. The maximum atomic E-state index is 10.00. The molecule has 126 valence electrons. The number of benzene rings is 3. The van der Waals surface area contributed by atoms with Gasteiger partial charge in [0.05, 0.1) is 0 Å². The van der Waals surface area contributed by atoms with Gasteiger partial charge in [0.25, 0.3) is 0 Å². The number of phenolic OH excluding ortho intramolecular Hbond substituents is 1. The zero-order chi connectivity index (χ0) is 17.4. The highest BCUT2D eigenvalue weighted by atomic mass is 16.3. The second-order valence-electron chi connectivity index (χ2n) is 7.12. The summed E-state index contributed by atoms with van der Waals surface area (Å²) in [4.78, 5) is 2.23. The molecule has 0 unspecified atom stereocenters. The number of aryl methyl sites for hydroxylation is 1. The van der Waals surface area contributed by atoms with Crippen LogP contribution in [-0.4, -0.2) is 30.6 Å². The van der Waals surface area contributed by atoms with E-state index in [1.807, 2.05) is 12.1 Å². The Kier molecular flexibility index (Phi) is 4.06. The van der Waals surface area contributed by atoms with Gasteiger partial charge in [0.1, 0.15) is 5.75 Å². The fourth-order valence-electron chi connectivity index (χ4n) is 3.89. The molecule has 0 amide bonds. The van der Waals surface area contributed by atoms with Crippen molar-refractivity contribution in [2.75, 3.05) is 20.6 Å². The van der Waals surface area contributed by atoms with Gasteiger partial charge in [-0.15, -0.1) is 0 Å². The molecule has 0 bridgehead atoms. The van der Waals surface area contributed by atoms with Gasteiger partial charge in [-0.2, -0.15) is 0 Å². The summed E-state index contributed by atoms with van der Waals surface area (Å²) in [6, 6.07) is 20.9. The maximum absolute atomic E-state index is 10.00. The summed E-state index contributed by atoms with van der Waals surface area (Å²) in [5, 5.41) is 12.6. The molecule has 3 aromatic carbocycles. The normalized spacial score (nSPS) is 14.2. The summed E-state index contributed by atoms with van der Waals surface area (Å²) in [6.45, 7) is 0.942. The zero-order valence-electron chi connectivity index (χ0n) is 14.8. The molecule has 1 aliphatic carbocycles. The van der Waals surface area contributed by atoms with Gasteiger partial charge in [-0.05, 0) is 83.7 Å². The van der Waals surface area contributed by atoms with Crippen molar-refractivity contribution < 1.29 is 5.11 Å². The van der Waals surface area contributed by atoms with Crippen molar-refractivity contribution in [3.63, 3.8) is 0 Å². The van der Waals surface area contributed by atoms with Gasteiger partial charge in [0, 0.05) is 6.54 Å². The Morgan fingerprint density at radius 2 is 1.64 bits per heavy atom. The van der Waals surface area contributed by atoms with E-state index in [4.69, 9.17) is 0 Å². The first-order valence-electron chi connectivity index (χ1n) is 8.80. The lowest BCUT2D eigenvalue weighted by Gasteiger charge is -2.26. The molecular formula is C23H23NO. The summed E-state index contributed by atoms with van der Waals surface area (Å²) in [5.74, 6) is 0.321. The number of hydrogen-bond acceptors (Lipinski definition) is 2. The third-order valence-electron chi connectivity index (χ3n) is 4.93. The first-order chi connectivity index (χ1) is 12.1. The largest absolute Gasteiger partial charge is 0.508 e. The van der Waals surface area contributed by atoms with E-state index in [1.165, 1.54) is 33.0 Å². The molecule has 2 nitrogen and oxygen atoms in total. The first-order valence-corrected chi connectivity index (χ1v) is 8.80. The minimum Gasteiger partial charge on any atom is -0.508 e. The lowest BCUT2D eigenvalue weighted by atomic mass is 9.81. The molecular weight excluding hydrogens is 306 g/mol. The van der Waals surface area contributed by atoms with Gasteiger partial charge in [0.2, 0.25) is 0 Å². The molecule has 3 aromatic rings. The second-order valence-corrected chi connectivity index (χ2v) is 7.12. The third-order valence-corrected chi connectivity index (χ3v) is 4.93. The standard InChI is InChI=1S/C23H23NO/c1-24(2)15-20-11-10-18-12-16-6-3-4-7-17(16)14-22(18)23(20)19-8-5-9-21(25)13-19/h3-9,12-14,25H,10-11,15H2,1-2H3. The van der Waals surface area contributed by atoms with Crippen LogP contribution >= 0.6 is 0 Å². The molecule has 0 fully saturated rings. The summed E-state index contributed by atoms with van der Waals surface area (Å²) in [6.07, 6.45) is 2.14. The highest BCUT2D eigenvalue weighted by molar-refractivity contribution is 5.93. The molecule has 2 heteroatoms. The molecule has 25 heavy (non-hydrogen) atoms. The van der Waals surface area contributed by atoms with Crippen LogP contribution in [0.1, 0.15) is 23.1 Å². The van der Waals surface area contributed by atoms with Crippen molar-refractivity contribution in [3.05, 3.63) is 82.9 Å².